The predicted molar refractivity (Wildman–Crippen MR) is 128 cm³/mol. The summed E-state index contributed by atoms with van der Waals surface area (Å²) < 4.78 is 28.4. The van der Waals surface area contributed by atoms with Gasteiger partial charge in [-0.25, -0.2) is 17.8 Å². The molecule has 2 atom stereocenters. The summed E-state index contributed by atoms with van der Waals surface area (Å²) in [6.07, 6.45) is 6.31. The van der Waals surface area contributed by atoms with Crippen molar-refractivity contribution in [3.05, 3.63) is 58.9 Å². The van der Waals surface area contributed by atoms with Crippen molar-refractivity contribution >= 4 is 32.6 Å². The average Bonchev–Trinajstić information content (AvgIpc) is 3.19. The molecule has 178 valence electrons. The SMILES string of the molecule is CCCC(NC(=O)c1cnn(-c2ccc(Cl)cc2)c1C)C1C=CC(S(=O)(=O)NCCO)=NC1. The van der Waals surface area contributed by atoms with Crippen LogP contribution < -0.4 is 10.0 Å². The molecule has 0 bridgehead atoms. The standard InChI is InChI=1S/C22H28ClN5O4S/c1-3-4-20(16-5-10-21(24-13-16)33(31,32)26-11-12-29)27-22(30)19-14-25-28(15(19)2)18-8-6-17(23)7-9-18/h5-10,14,16,20,26,29H,3-4,11-13H2,1-2H3,(H,27,30). The van der Waals surface area contributed by atoms with Crippen molar-refractivity contribution in [3.8, 4) is 5.69 Å². The quantitative estimate of drug-likeness (QED) is 0.494. The van der Waals surface area contributed by atoms with Crippen molar-refractivity contribution in [2.24, 2.45) is 10.9 Å². The zero-order chi connectivity index (χ0) is 24.0. The van der Waals surface area contributed by atoms with Gasteiger partial charge in [-0.15, -0.1) is 0 Å². The van der Waals surface area contributed by atoms with Crippen LogP contribution in [-0.4, -0.2) is 60.0 Å². The largest absolute Gasteiger partial charge is 0.395 e. The summed E-state index contributed by atoms with van der Waals surface area (Å²) in [5.74, 6) is -0.385. The van der Waals surface area contributed by atoms with Crippen molar-refractivity contribution in [2.75, 3.05) is 19.7 Å². The third kappa shape index (κ3) is 6.08. The summed E-state index contributed by atoms with van der Waals surface area (Å²) in [7, 11) is -3.76. The van der Waals surface area contributed by atoms with Crippen molar-refractivity contribution in [1.82, 2.24) is 19.8 Å². The van der Waals surface area contributed by atoms with Gasteiger partial charge in [0.2, 0.25) is 0 Å². The molecule has 1 aliphatic heterocycles. The number of aliphatic imine (C=N–C) groups is 1. The van der Waals surface area contributed by atoms with Crippen LogP contribution in [0.1, 0.15) is 35.8 Å². The van der Waals surface area contributed by atoms with E-state index in [1.165, 1.54) is 12.3 Å². The Kier molecular flexibility index (Phi) is 8.41. The molecule has 0 radical (unpaired) electrons. The molecule has 0 saturated heterocycles. The van der Waals surface area contributed by atoms with Gasteiger partial charge in [0.1, 0.15) is 0 Å². The van der Waals surface area contributed by atoms with Crippen LogP contribution in [0, 0.1) is 12.8 Å². The molecular formula is C22H28ClN5O4S. The fourth-order valence-corrected chi connectivity index (χ4v) is 4.77. The number of aliphatic hydroxyl groups is 1. The smallest absolute Gasteiger partial charge is 0.257 e. The summed E-state index contributed by atoms with van der Waals surface area (Å²) >= 11 is 5.96. The number of sulfonamides is 1. The number of carbonyl (C=O) groups is 1. The van der Waals surface area contributed by atoms with Crippen LogP contribution in [-0.2, 0) is 10.0 Å². The van der Waals surface area contributed by atoms with Gasteiger partial charge in [0, 0.05) is 30.1 Å². The molecule has 0 fully saturated rings. The third-order valence-electron chi connectivity index (χ3n) is 5.38. The Balaban J connectivity index is 1.72. The Morgan fingerprint density at radius 1 is 1.33 bits per heavy atom. The first-order chi connectivity index (χ1) is 15.8. The van der Waals surface area contributed by atoms with Crippen molar-refractivity contribution in [2.45, 2.75) is 32.7 Å². The van der Waals surface area contributed by atoms with E-state index in [1.807, 2.05) is 26.0 Å². The number of hydrogen-bond donors (Lipinski definition) is 3. The molecule has 0 aliphatic carbocycles. The van der Waals surface area contributed by atoms with Gasteiger partial charge in [-0.3, -0.25) is 9.79 Å². The maximum Gasteiger partial charge on any atom is 0.257 e. The lowest BCUT2D eigenvalue weighted by molar-refractivity contribution is 0.0924. The second kappa shape index (κ2) is 11.1. The highest BCUT2D eigenvalue weighted by atomic mass is 35.5. The van der Waals surface area contributed by atoms with Gasteiger partial charge in [0.25, 0.3) is 15.9 Å². The molecule has 11 heteroatoms. The number of nitrogens with one attached hydrogen (secondary N) is 2. The van der Waals surface area contributed by atoms with Crippen LogP contribution in [0.15, 0.2) is 47.6 Å². The number of hydrogen-bond acceptors (Lipinski definition) is 6. The van der Waals surface area contributed by atoms with Gasteiger partial charge in [0.15, 0.2) is 5.04 Å². The van der Waals surface area contributed by atoms with Gasteiger partial charge >= 0.3 is 0 Å². The van der Waals surface area contributed by atoms with Crippen LogP contribution in [0.2, 0.25) is 5.02 Å². The number of carbonyl (C=O) groups excluding carboxylic acids is 1. The fourth-order valence-electron chi connectivity index (χ4n) is 3.63. The molecule has 2 heterocycles. The normalized spacial score (nSPS) is 17.0. The molecule has 0 saturated carbocycles. The van der Waals surface area contributed by atoms with E-state index < -0.39 is 10.0 Å². The van der Waals surface area contributed by atoms with E-state index in [0.29, 0.717) is 22.7 Å². The number of rotatable bonds is 9. The Bertz CT molecular complexity index is 1140. The van der Waals surface area contributed by atoms with Gasteiger partial charge in [-0.2, -0.15) is 5.10 Å². The van der Waals surface area contributed by atoms with E-state index in [2.05, 4.69) is 20.1 Å². The first-order valence-corrected chi connectivity index (χ1v) is 12.6. The first-order valence-electron chi connectivity index (χ1n) is 10.7. The van der Waals surface area contributed by atoms with E-state index in [0.717, 1.165) is 12.1 Å². The Morgan fingerprint density at radius 2 is 2.06 bits per heavy atom. The van der Waals surface area contributed by atoms with Crippen LogP contribution in [0.25, 0.3) is 5.69 Å². The molecule has 3 rings (SSSR count). The second-order valence-corrected chi connectivity index (χ2v) is 9.87. The molecule has 0 spiro atoms. The number of dihydropyridines is 1. The lowest BCUT2D eigenvalue weighted by atomic mass is 9.94. The Hall–Kier alpha value is -2.53. The Labute approximate surface area is 198 Å². The van der Waals surface area contributed by atoms with Gasteiger partial charge in [-0.05, 0) is 43.7 Å². The predicted octanol–water partition coefficient (Wildman–Crippen LogP) is 2.23. The minimum absolute atomic E-state index is 0.0732. The number of nitrogens with zero attached hydrogens (tertiary/aromatic N) is 3. The summed E-state index contributed by atoms with van der Waals surface area (Å²) in [4.78, 5) is 17.3. The summed E-state index contributed by atoms with van der Waals surface area (Å²) in [5, 5.41) is 16.8. The van der Waals surface area contributed by atoms with Crippen LogP contribution in [0.3, 0.4) is 0 Å². The zero-order valence-electron chi connectivity index (χ0n) is 18.5. The molecule has 2 unspecified atom stereocenters. The van der Waals surface area contributed by atoms with E-state index >= 15 is 0 Å². The van der Waals surface area contributed by atoms with Gasteiger partial charge in [0.05, 0.1) is 29.7 Å². The van der Waals surface area contributed by atoms with E-state index in [-0.39, 0.29) is 42.6 Å². The number of benzene rings is 1. The van der Waals surface area contributed by atoms with E-state index in [4.69, 9.17) is 16.7 Å². The molecule has 9 nitrogen and oxygen atoms in total. The van der Waals surface area contributed by atoms with Crippen LogP contribution in [0.4, 0.5) is 0 Å². The van der Waals surface area contributed by atoms with Crippen LogP contribution in [0.5, 0.6) is 0 Å². The Morgan fingerprint density at radius 3 is 2.67 bits per heavy atom. The minimum atomic E-state index is -3.76. The third-order valence-corrected chi connectivity index (χ3v) is 7.03. The number of amides is 1. The fraction of sp³-hybridized carbons (Fsp3) is 0.409. The molecule has 1 aromatic heterocycles. The maximum atomic E-state index is 13.1. The highest BCUT2D eigenvalue weighted by molar-refractivity contribution is 8.05. The van der Waals surface area contributed by atoms with E-state index in [9.17, 15) is 13.2 Å². The van der Waals surface area contributed by atoms with Gasteiger partial charge < -0.3 is 10.4 Å². The number of halogens is 1. The topological polar surface area (TPSA) is 126 Å². The first kappa shape index (κ1) is 25.1. The van der Waals surface area contributed by atoms with Gasteiger partial charge in [-0.1, -0.05) is 31.0 Å². The highest BCUT2D eigenvalue weighted by Gasteiger charge is 2.27. The minimum Gasteiger partial charge on any atom is -0.395 e. The van der Waals surface area contributed by atoms with Crippen LogP contribution >= 0.6 is 11.6 Å². The lowest BCUT2D eigenvalue weighted by Gasteiger charge is -2.26. The number of aromatic nitrogens is 2. The van der Waals surface area contributed by atoms with Crippen molar-refractivity contribution < 1.29 is 18.3 Å². The average molecular weight is 494 g/mol. The highest BCUT2D eigenvalue weighted by Crippen LogP contribution is 2.20. The summed E-state index contributed by atoms with van der Waals surface area (Å²) in [6, 6.07) is 6.97. The molecule has 1 aromatic carbocycles. The molecule has 1 amide bonds. The van der Waals surface area contributed by atoms with Crippen molar-refractivity contribution in [3.63, 3.8) is 0 Å². The number of aliphatic hydroxyl groups excluding tert-OH is 1. The molecule has 3 N–H and O–H groups in total. The summed E-state index contributed by atoms with van der Waals surface area (Å²) in [6.45, 7) is 3.72. The monoisotopic (exact) mass is 493 g/mol. The molecule has 2 aromatic rings. The molecular weight excluding hydrogens is 466 g/mol. The van der Waals surface area contributed by atoms with E-state index in [1.54, 1.807) is 22.9 Å². The second-order valence-electron chi connectivity index (χ2n) is 7.72. The summed E-state index contributed by atoms with van der Waals surface area (Å²) in [5.41, 5.74) is 1.96. The van der Waals surface area contributed by atoms with Crippen molar-refractivity contribution in [1.29, 1.82) is 0 Å². The molecule has 33 heavy (non-hydrogen) atoms. The molecule has 1 aliphatic rings. The maximum absolute atomic E-state index is 13.1. The zero-order valence-corrected chi connectivity index (χ0v) is 20.1. The lowest BCUT2D eigenvalue weighted by Crippen LogP contribution is -2.42.